The average Bonchev–Trinajstić information content (AvgIpc) is 2.78. The number of benzene rings is 2. The fraction of sp³-hybridized carbons (Fsp3) is 0.261. The molecule has 0 spiro atoms. The third kappa shape index (κ3) is 4.39. The Morgan fingerprint density at radius 3 is 2.84 bits per heavy atom. The third-order valence-corrected chi connectivity index (χ3v) is 5.72. The SMILES string of the molecule is C[C@H]1CCn2c(cc(OCc3ccc(Oc4ccc(F)c(Cl)c4)c(C#N)c3)nc2=O)N1C. The zero-order chi connectivity index (χ0) is 22.8. The molecule has 1 atom stereocenters. The van der Waals surface area contributed by atoms with Crippen LogP contribution in [0.25, 0.3) is 0 Å². The number of hydrogen-bond donors (Lipinski definition) is 0. The molecular formula is C23H20ClFN4O3. The summed E-state index contributed by atoms with van der Waals surface area (Å²) in [5.74, 6) is 1.05. The Morgan fingerprint density at radius 1 is 1.28 bits per heavy atom. The highest BCUT2D eigenvalue weighted by molar-refractivity contribution is 6.30. The van der Waals surface area contributed by atoms with Crippen molar-refractivity contribution in [2.45, 2.75) is 32.5 Å². The van der Waals surface area contributed by atoms with Crippen molar-refractivity contribution in [1.29, 1.82) is 5.26 Å². The van der Waals surface area contributed by atoms with Gasteiger partial charge in [0.15, 0.2) is 0 Å². The number of ether oxygens (including phenoxy) is 2. The maximum Gasteiger partial charge on any atom is 0.352 e. The standard InChI is InChI=1S/C23H20ClFN4O3/c1-14-7-8-29-22(28(14)2)11-21(27-23(29)30)31-13-15-3-6-20(16(9-15)12-26)32-17-4-5-19(25)18(24)10-17/h3-6,9-11,14H,7-8,13H2,1-2H3/t14-/m0/s1. The van der Waals surface area contributed by atoms with Crippen molar-refractivity contribution in [2.24, 2.45) is 0 Å². The lowest BCUT2D eigenvalue weighted by Crippen LogP contribution is -2.41. The van der Waals surface area contributed by atoms with Gasteiger partial charge in [-0.3, -0.25) is 4.57 Å². The number of halogens is 2. The fourth-order valence-electron chi connectivity index (χ4n) is 3.45. The average molecular weight is 455 g/mol. The van der Waals surface area contributed by atoms with Gasteiger partial charge in [0.1, 0.15) is 35.8 Å². The molecule has 1 aliphatic rings. The first-order valence-corrected chi connectivity index (χ1v) is 10.4. The highest BCUT2D eigenvalue weighted by Crippen LogP contribution is 2.29. The molecule has 0 aliphatic carbocycles. The summed E-state index contributed by atoms with van der Waals surface area (Å²) in [7, 11) is 1.94. The number of anilines is 1. The van der Waals surface area contributed by atoms with E-state index in [1.54, 1.807) is 28.8 Å². The van der Waals surface area contributed by atoms with Crippen molar-refractivity contribution in [3.63, 3.8) is 0 Å². The first-order valence-electron chi connectivity index (χ1n) is 9.99. The van der Waals surface area contributed by atoms with Crippen LogP contribution in [0.5, 0.6) is 17.4 Å². The molecule has 0 fully saturated rings. The quantitative estimate of drug-likeness (QED) is 0.564. The van der Waals surface area contributed by atoms with E-state index in [4.69, 9.17) is 21.1 Å². The monoisotopic (exact) mass is 454 g/mol. The van der Waals surface area contributed by atoms with E-state index < -0.39 is 5.82 Å². The summed E-state index contributed by atoms with van der Waals surface area (Å²) in [5, 5.41) is 9.44. The summed E-state index contributed by atoms with van der Waals surface area (Å²) < 4.78 is 26.4. The summed E-state index contributed by atoms with van der Waals surface area (Å²) in [4.78, 5) is 18.4. The molecule has 2 aromatic carbocycles. The molecular weight excluding hydrogens is 435 g/mol. The summed E-state index contributed by atoms with van der Waals surface area (Å²) in [6, 6.07) is 13.1. The minimum absolute atomic E-state index is 0.0699. The van der Waals surface area contributed by atoms with Crippen molar-refractivity contribution < 1.29 is 13.9 Å². The number of fused-ring (bicyclic) bond motifs is 1. The molecule has 0 saturated carbocycles. The number of nitrogens with zero attached hydrogens (tertiary/aromatic N) is 4. The van der Waals surface area contributed by atoms with E-state index in [9.17, 15) is 14.4 Å². The molecule has 4 rings (SSSR count). The Morgan fingerprint density at radius 2 is 2.09 bits per heavy atom. The van der Waals surface area contributed by atoms with Crippen molar-refractivity contribution in [2.75, 3.05) is 11.9 Å². The van der Waals surface area contributed by atoms with Gasteiger partial charge in [0.2, 0.25) is 5.88 Å². The normalized spacial score (nSPS) is 15.1. The second-order valence-electron chi connectivity index (χ2n) is 7.54. The van der Waals surface area contributed by atoms with E-state index in [1.807, 2.05) is 11.9 Å². The molecule has 0 unspecified atom stereocenters. The van der Waals surface area contributed by atoms with Gasteiger partial charge in [0, 0.05) is 31.8 Å². The van der Waals surface area contributed by atoms with E-state index in [1.165, 1.54) is 18.2 Å². The van der Waals surface area contributed by atoms with Crippen LogP contribution < -0.4 is 20.1 Å². The van der Waals surface area contributed by atoms with Gasteiger partial charge in [-0.15, -0.1) is 0 Å². The highest BCUT2D eigenvalue weighted by Gasteiger charge is 2.22. The Balaban J connectivity index is 1.51. The van der Waals surface area contributed by atoms with Crippen LogP contribution in [0.4, 0.5) is 10.2 Å². The summed E-state index contributed by atoms with van der Waals surface area (Å²) in [6.07, 6.45) is 0.876. The number of rotatable bonds is 5. The molecule has 0 bridgehead atoms. The third-order valence-electron chi connectivity index (χ3n) is 5.43. The maximum atomic E-state index is 13.3. The van der Waals surface area contributed by atoms with Crippen LogP contribution in [0.2, 0.25) is 5.02 Å². The van der Waals surface area contributed by atoms with E-state index in [0.717, 1.165) is 12.2 Å². The van der Waals surface area contributed by atoms with Crippen LogP contribution in [-0.2, 0) is 13.2 Å². The minimum atomic E-state index is -0.553. The predicted octanol–water partition coefficient (Wildman–Crippen LogP) is 4.51. The molecule has 9 heteroatoms. The molecule has 2 heterocycles. The lowest BCUT2D eigenvalue weighted by Gasteiger charge is -2.34. The predicted molar refractivity (Wildman–Crippen MR) is 118 cm³/mol. The van der Waals surface area contributed by atoms with Crippen molar-refractivity contribution in [3.8, 4) is 23.4 Å². The van der Waals surface area contributed by atoms with Gasteiger partial charge in [0.05, 0.1) is 10.6 Å². The lowest BCUT2D eigenvalue weighted by atomic mass is 10.1. The Hall–Kier alpha value is -3.57. The van der Waals surface area contributed by atoms with Gasteiger partial charge in [-0.25, -0.2) is 9.18 Å². The first kappa shape index (κ1) is 21.7. The van der Waals surface area contributed by atoms with Gasteiger partial charge < -0.3 is 14.4 Å². The zero-order valence-electron chi connectivity index (χ0n) is 17.5. The van der Waals surface area contributed by atoms with Crippen LogP contribution in [-0.4, -0.2) is 22.6 Å². The topological polar surface area (TPSA) is 80.4 Å². The summed E-state index contributed by atoms with van der Waals surface area (Å²) >= 11 is 5.78. The molecule has 32 heavy (non-hydrogen) atoms. The zero-order valence-corrected chi connectivity index (χ0v) is 18.3. The number of hydrogen-bond acceptors (Lipinski definition) is 6. The van der Waals surface area contributed by atoms with Gasteiger partial charge in [-0.1, -0.05) is 17.7 Å². The van der Waals surface area contributed by atoms with Crippen LogP contribution >= 0.6 is 11.6 Å². The van der Waals surface area contributed by atoms with Gasteiger partial charge in [-0.05, 0) is 43.2 Å². The molecule has 0 amide bonds. The largest absolute Gasteiger partial charge is 0.473 e. The molecule has 7 nitrogen and oxygen atoms in total. The molecule has 164 valence electrons. The van der Waals surface area contributed by atoms with E-state index in [-0.39, 0.29) is 28.8 Å². The molecule has 1 aromatic heterocycles. The Bertz CT molecular complexity index is 1270. The van der Waals surface area contributed by atoms with Crippen LogP contribution in [0.15, 0.2) is 47.3 Å². The van der Waals surface area contributed by atoms with E-state index in [2.05, 4.69) is 18.0 Å². The van der Waals surface area contributed by atoms with Crippen molar-refractivity contribution in [3.05, 3.63) is 74.9 Å². The van der Waals surface area contributed by atoms with Gasteiger partial charge >= 0.3 is 5.69 Å². The Kier molecular flexibility index (Phi) is 6.01. The van der Waals surface area contributed by atoms with Crippen LogP contribution in [0.1, 0.15) is 24.5 Å². The van der Waals surface area contributed by atoms with E-state index in [0.29, 0.717) is 29.6 Å². The molecule has 3 aromatic rings. The van der Waals surface area contributed by atoms with E-state index >= 15 is 0 Å². The second-order valence-corrected chi connectivity index (χ2v) is 7.95. The number of aromatic nitrogens is 2. The van der Waals surface area contributed by atoms with Gasteiger partial charge in [0.25, 0.3) is 0 Å². The minimum Gasteiger partial charge on any atom is -0.473 e. The maximum absolute atomic E-state index is 13.3. The summed E-state index contributed by atoms with van der Waals surface area (Å²) in [5.41, 5.74) is 0.627. The van der Waals surface area contributed by atoms with Gasteiger partial charge in [-0.2, -0.15) is 10.2 Å². The molecule has 1 aliphatic heterocycles. The molecule has 0 radical (unpaired) electrons. The highest BCUT2D eigenvalue weighted by atomic mass is 35.5. The smallest absolute Gasteiger partial charge is 0.352 e. The van der Waals surface area contributed by atoms with Crippen LogP contribution in [0.3, 0.4) is 0 Å². The van der Waals surface area contributed by atoms with Crippen LogP contribution in [0, 0.1) is 17.1 Å². The fourth-order valence-corrected chi connectivity index (χ4v) is 3.62. The summed E-state index contributed by atoms with van der Waals surface area (Å²) in [6.45, 7) is 2.84. The first-order chi connectivity index (χ1) is 15.4. The van der Waals surface area contributed by atoms with Crippen molar-refractivity contribution >= 4 is 17.4 Å². The lowest BCUT2D eigenvalue weighted by molar-refractivity contribution is 0.289. The Labute approximate surface area is 189 Å². The number of nitriles is 1. The van der Waals surface area contributed by atoms with Crippen molar-refractivity contribution in [1.82, 2.24) is 9.55 Å². The molecule has 0 saturated heterocycles. The molecule has 0 N–H and O–H groups in total. The second kappa shape index (κ2) is 8.89.